The highest BCUT2D eigenvalue weighted by Gasteiger charge is 2.31. The summed E-state index contributed by atoms with van der Waals surface area (Å²) in [6.45, 7) is 0.920. The summed E-state index contributed by atoms with van der Waals surface area (Å²) >= 11 is 6.16. The molecule has 0 unspecified atom stereocenters. The monoisotopic (exact) mass is 358 g/mol. The molecule has 1 aromatic carbocycles. The lowest BCUT2D eigenvalue weighted by Gasteiger charge is -2.18. The second kappa shape index (κ2) is 7.53. The van der Waals surface area contributed by atoms with Gasteiger partial charge in [-0.2, -0.15) is 0 Å². The van der Waals surface area contributed by atoms with E-state index >= 15 is 0 Å². The van der Waals surface area contributed by atoms with Crippen LogP contribution in [0.4, 0.5) is 5.82 Å². The fourth-order valence-electron chi connectivity index (χ4n) is 2.83. The van der Waals surface area contributed by atoms with Gasteiger partial charge in [0.1, 0.15) is 5.82 Å². The van der Waals surface area contributed by atoms with E-state index in [-0.39, 0.29) is 17.9 Å². The second-order valence-electron chi connectivity index (χ2n) is 5.92. The van der Waals surface area contributed by atoms with E-state index in [0.29, 0.717) is 35.9 Å². The molecular weight excluding hydrogens is 340 g/mol. The average molecular weight is 359 g/mol. The maximum absolute atomic E-state index is 12.4. The molecular formula is C18H19ClN4O2. The van der Waals surface area contributed by atoms with Crippen molar-refractivity contribution in [2.45, 2.75) is 19.0 Å². The van der Waals surface area contributed by atoms with Gasteiger partial charge >= 0.3 is 0 Å². The number of likely N-dealkylation sites (tertiary alicyclic amines) is 1. The maximum Gasteiger partial charge on any atom is 0.251 e. The van der Waals surface area contributed by atoms with Crippen LogP contribution in [0.25, 0.3) is 0 Å². The molecule has 1 aliphatic heterocycles. The number of aromatic nitrogens is 1. The van der Waals surface area contributed by atoms with Crippen LogP contribution in [0.15, 0.2) is 42.6 Å². The van der Waals surface area contributed by atoms with E-state index in [9.17, 15) is 9.59 Å². The molecule has 0 bridgehead atoms. The summed E-state index contributed by atoms with van der Waals surface area (Å²) in [4.78, 5) is 30.4. The zero-order valence-electron chi connectivity index (χ0n) is 13.8. The Morgan fingerprint density at radius 1 is 1.36 bits per heavy atom. The highest BCUT2D eigenvalue weighted by atomic mass is 35.5. The van der Waals surface area contributed by atoms with Crippen molar-refractivity contribution < 1.29 is 9.59 Å². The Balaban J connectivity index is 1.62. The lowest BCUT2D eigenvalue weighted by Crippen LogP contribution is -2.37. The summed E-state index contributed by atoms with van der Waals surface area (Å²) < 4.78 is 0. The molecule has 1 aromatic heterocycles. The van der Waals surface area contributed by atoms with Crippen LogP contribution < -0.4 is 10.6 Å². The van der Waals surface area contributed by atoms with Gasteiger partial charge in [-0.1, -0.05) is 29.8 Å². The number of nitrogens with zero attached hydrogens (tertiary/aromatic N) is 2. The number of rotatable bonds is 5. The number of benzene rings is 1. The van der Waals surface area contributed by atoms with Crippen LogP contribution in [0, 0.1) is 0 Å². The zero-order valence-corrected chi connectivity index (χ0v) is 14.6. The Morgan fingerprint density at radius 2 is 2.16 bits per heavy atom. The van der Waals surface area contributed by atoms with Crippen molar-refractivity contribution in [1.82, 2.24) is 15.2 Å². The minimum atomic E-state index is -0.214. The summed E-state index contributed by atoms with van der Waals surface area (Å²) in [6, 6.07) is 10.6. The molecule has 3 rings (SSSR count). The molecule has 0 aliphatic carbocycles. The van der Waals surface area contributed by atoms with Crippen LogP contribution >= 0.6 is 11.6 Å². The van der Waals surface area contributed by atoms with Crippen molar-refractivity contribution in [2.24, 2.45) is 0 Å². The van der Waals surface area contributed by atoms with Gasteiger partial charge in [0.05, 0.1) is 6.04 Å². The molecule has 0 radical (unpaired) electrons. The molecule has 1 saturated heterocycles. The molecule has 25 heavy (non-hydrogen) atoms. The number of hydrogen-bond acceptors (Lipinski definition) is 4. The SMILES string of the molecule is CNc1cc(C(=O)N[C@H]2CC(=O)N(Cc3ccccc3Cl)C2)ccn1. The van der Waals surface area contributed by atoms with Crippen LogP contribution in [0.1, 0.15) is 22.3 Å². The first-order valence-electron chi connectivity index (χ1n) is 8.02. The Hall–Kier alpha value is -2.60. The van der Waals surface area contributed by atoms with Crippen LogP contribution in [0.2, 0.25) is 5.02 Å². The van der Waals surface area contributed by atoms with Gasteiger partial charge in [-0.05, 0) is 23.8 Å². The van der Waals surface area contributed by atoms with Gasteiger partial charge in [0.15, 0.2) is 0 Å². The maximum atomic E-state index is 12.4. The van der Waals surface area contributed by atoms with Gasteiger partial charge in [0.2, 0.25) is 5.91 Å². The van der Waals surface area contributed by atoms with Crippen molar-refractivity contribution in [3.8, 4) is 0 Å². The largest absolute Gasteiger partial charge is 0.373 e. The predicted molar refractivity (Wildman–Crippen MR) is 96.5 cm³/mol. The summed E-state index contributed by atoms with van der Waals surface area (Å²) in [5.74, 6) is 0.419. The van der Waals surface area contributed by atoms with E-state index in [0.717, 1.165) is 5.56 Å². The fraction of sp³-hybridized carbons (Fsp3) is 0.278. The molecule has 1 atom stereocenters. The van der Waals surface area contributed by atoms with Crippen LogP contribution in [-0.2, 0) is 11.3 Å². The summed E-state index contributed by atoms with van der Waals surface area (Å²) in [7, 11) is 1.74. The zero-order chi connectivity index (χ0) is 17.8. The first-order chi connectivity index (χ1) is 12.1. The smallest absolute Gasteiger partial charge is 0.251 e. The van der Waals surface area contributed by atoms with E-state index in [1.807, 2.05) is 18.2 Å². The lowest BCUT2D eigenvalue weighted by atomic mass is 10.2. The number of carbonyl (C=O) groups excluding carboxylic acids is 2. The fourth-order valence-corrected chi connectivity index (χ4v) is 3.03. The quantitative estimate of drug-likeness (QED) is 0.860. The van der Waals surface area contributed by atoms with E-state index in [1.165, 1.54) is 0 Å². The highest BCUT2D eigenvalue weighted by molar-refractivity contribution is 6.31. The molecule has 7 heteroatoms. The summed E-state index contributed by atoms with van der Waals surface area (Å²) in [5, 5.41) is 6.45. The van der Waals surface area contributed by atoms with Crippen molar-refractivity contribution in [1.29, 1.82) is 0 Å². The molecule has 0 saturated carbocycles. The van der Waals surface area contributed by atoms with Crippen LogP contribution in [0.3, 0.4) is 0 Å². The molecule has 0 spiro atoms. The normalized spacial score (nSPS) is 16.8. The minimum Gasteiger partial charge on any atom is -0.373 e. The number of carbonyl (C=O) groups is 2. The third kappa shape index (κ3) is 4.09. The Kier molecular flexibility index (Phi) is 5.19. The van der Waals surface area contributed by atoms with Gasteiger partial charge < -0.3 is 15.5 Å². The van der Waals surface area contributed by atoms with Gasteiger partial charge in [0.25, 0.3) is 5.91 Å². The average Bonchev–Trinajstić information content (AvgIpc) is 2.96. The summed E-state index contributed by atoms with van der Waals surface area (Å²) in [6.07, 6.45) is 1.87. The number of hydrogen-bond donors (Lipinski definition) is 2. The van der Waals surface area contributed by atoms with Crippen LogP contribution in [0.5, 0.6) is 0 Å². The third-order valence-corrected chi connectivity index (χ3v) is 4.52. The van der Waals surface area contributed by atoms with E-state index in [4.69, 9.17) is 11.6 Å². The first-order valence-corrected chi connectivity index (χ1v) is 8.40. The van der Waals surface area contributed by atoms with Gasteiger partial charge in [0, 0.05) is 43.3 Å². The van der Waals surface area contributed by atoms with Crippen molar-refractivity contribution >= 4 is 29.2 Å². The van der Waals surface area contributed by atoms with Crippen molar-refractivity contribution in [2.75, 3.05) is 18.9 Å². The van der Waals surface area contributed by atoms with E-state index in [1.54, 1.807) is 36.3 Å². The van der Waals surface area contributed by atoms with Gasteiger partial charge in [-0.3, -0.25) is 9.59 Å². The summed E-state index contributed by atoms with van der Waals surface area (Å²) in [5.41, 5.74) is 1.41. The molecule has 2 amide bonds. The minimum absolute atomic E-state index is 0.0101. The highest BCUT2D eigenvalue weighted by Crippen LogP contribution is 2.21. The number of nitrogens with one attached hydrogen (secondary N) is 2. The van der Waals surface area contributed by atoms with Gasteiger partial charge in [-0.15, -0.1) is 0 Å². The number of anilines is 1. The first kappa shape index (κ1) is 17.2. The van der Waals surface area contributed by atoms with Gasteiger partial charge in [-0.25, -0.2) is 4.98 Å². The molecule has 2 N–H and O–H groups in total. The predicted octanol–water partition coefficient (Wildman–Crippen LogP) is 2.31. The molecule has 130 valence electrons. The molecule has 1 aliphatic rings. The van der Waals surface area contributed by atoms with Crippen LogP contribution in [-0.4, -0.2) is 41.3 Å². The third-order valence-electron chi connectivity index (χ3n) is 4.15. The molecule has 1 fully saturated rings. The van der Waals surface area contributed by atoms with Crippen molar-refractivity contribution in [3.63, 3.8) is 0 Å². The molecule has 6 nitrogen and oxygen atoms in total. The standard InChI is InChI=1S/C18H19ClN4O2/c1-20-16-8-12(6-7-21-16)18(25)22-14-9-17(24)23(11-14)10-13-4-2-3-5-15(13)19/h2-8,14H,9-11H2,1H3,(H,20,21)(H,22,25)/t14-/m0/s1. The number of amides is 2. The van der Waals surface area contributed by atoms with Crippen molar-refractivity contribution in [3.05, 3.63) is 58.7 Å². The Labute approximate surface area is 151 Å². The number of pyridine rings is 1. The molecule has 2 aromatic rings. The second-order valence-corrected chi connectivity index (χ2v) is 6.33. The lowest BCUT2D eigenvalue weighted by molar-refractivity contribution is -0.128. The topological polar surface area (TPSA) is 74.3 Å². The Bertz CT molecular complexity index is 796. The van der Waals surface area contributed by atoms with E-state index < -0.39 is 0 Å². The Morgan fingerprint density at radius 3 is 2.92 bits per heavy atom. The van der Waals surface area contributed by atoms with E-state index in [2.05, 4.69) is 15.6 Å². The number of halogens is 1. The molecule has 2 heterocycles.